The molecule has 0 bridgehead atoms. The molecule has 0 saturated carbocycles. The Morgan fingerprint density at radius 1 is 1.05 bits per heavy atom. The predicted molar refractivity (Wildman–Crippen MR) is 71.3 cm³/mol. The summed E-state index contributed by atoms with van der Waals surface area (Å²) in [7, 11) is 0. The third-order valence-corrected chi connectivity index (χ3v) is 2.35. The van der Waals surface area contributed by atoms with Crippen LogP contribution in [-0.4, -0.2) is 16.2 Å². The normalized spacial score (nSPS) is 10.5. The Labute approximate surface area is 110 Å². The van der Waals surface area contributed by atoms with Gasteiger partial charge in [0, 0.05) is 6.08 Å². The van der Waals surface area contributed by atoms with Gasteiger partial charge in [0.15, 0.2) is 0 Å². The molecular formula is C15H12O4. The summed E-state index contributed by atoms with van der Waals surface area (Å²) in [5.41, 5.74) is 0.735. The van der Waals surface area contributed by atoms with E-state index in [1.54, 1.807) is 36.4 Å². The first-order valence-corrected chi connectivity index (χ1v) is 5.61. The zero-order valence-corrected chi connectivity index (χ0v) is 9.98. The molecule has 19 heavy (non-hydrogen) atoms. The van der Waals surface area contributed by atoms with Crippen molar-refractivity contribution in [2.45, 2.75) is 0 Å². The molecule has 0 unspecified atom stereocenters. The average Bonchev–Trinajstić information content (AvgIpc) is 2.40. The van der Waals surface area contributed by atoms with Crippen molar-refractivity contribution in [3.8, 4) is 17.2 Å². The highest BCUT2D eigenvalue weighted by molar-refractivity contribution is 5.85. The van der Waals surface area contributed by atoms with E-state index in [1.807, 2.05) is 0 Å². The molecule has 0 aromatic heterocycles. The van der Waals surface area contributed by atoms with Crippen molar-refractivity contribution in [2.24, 2.45) is 0 Å². The molecule has 0 spiro atoms. The molecule has 96 valence electrons. The summed E-state index contributed by atoms with van der Waals surface area (Å²) in [4.78, 5) is 10.4. The number of carboxylic acids is 1. The van der Waals surface area contributed by atoms with Crippen LogP contribution in [0.1, 0.15) is 5.56 Å². The van der Waals surface area contributed by atoms with E-state index in [9.17, 15) is 4.79 Å². The summed E-state index contributed by atoms with van der Waals surface area (Å²) in [6.45, 7) is 0. The topological polar surface area (TPSA) is 66.8 Å². The molecule has 2 rings (SSSR count). The van der Waals surface area contributed by atoms with Gasteiger partial charge in [-0.1, -0.05) is 12.1 Å². The summed E-state index contributed by atoms with van der Waals surface area (Å²) in [6, 6.07) is 13.4. The largest absolute Gasteiger partial charge is 0.508 e. The molecule has 0 saturated heterocycles. The van der Waals surface area contributed by atoms with Crippen molar-refractivity contribution in [3.05, 3.63) is 60.2 Å². The van der Waals surface area contributed by atoms with E-state index in [0.29, 0.717) is 11.5 Å². The number of benzene rings is 2. The fourth-order valence-corrected chi connectivity index (χ4v) is 1.50. The molecule has 0 fully saturated rings. The maximum Gasteiger partial charge on any atom is 0.328 e. The van der Waals surface area contributed by atoms with Crippen LogP contribution in [0.25, 0.3) is 6.08 Å². The monoisotopic (exact) mass is 256 g/mol. The third-order valence-electron chi connectivity index (χ3n) is 2.35. The summed E-state index contributed by atoms with van der Waals surface area (Å²) in [5, 5.41) is 17.7. The summed E-state index contributed by atoms with van der Waals surface area (Å²) < 4.78 is 5.59. The Morgan fingerprint density at radius 2 is 1.79 bits per heavy atom. The molecule has 0 radical (unpaired) electrons. The summed E-state index contributed by atoms with van der Waals surface area (Å²) >= 11 is 0. The van der Waals surface area contributed by atoms with Gasteiger partial charge in [0.2, 0.25) is 0 Å². The Morgan fingerprint density at radius 3 is 2.47 bits per heavy atom. The Kier molecular flexibility index (Phi) is 3.83. The third kappa shape index (κ3) is 3.89. The summed E-state index contributed by atoms with van der Waals surface area (Å²) in [5.74, 6) is 0.366. The fourth-order valence-electron chi connectivity index (χ4n) is 1.50. The first kappa shape index (κ1) is 12.7. The SMILES string of the molecule is O=C(O)C=Cc1cccc(Oc2ccc(O)cc2)c1. The molecule has 0 aliphatic rings. The molecule has 4 heteroatoms. The number of phenolic OH excluding ortho intramolecular Hbond substituents is 1. The zero-order valence-electron chi connectivity index (χ0n) is 9.98. The second-order valence-corrected chi connectivity index (χ2v) is 3.84. The molecule has 0 heterocycles. The van der Waals surface area contributed by atoms with E-state index in [2.05, 4.69) is 0 Å². The maximum absolute atomic E-state index is 10.4. The van der Waals surface area contributed by atoms with Gasteiger partial charge in [0.05, 0.1) is 0 Å². The number of hydrogen-bond acceptors (Lipinski definition) is 3. The van der Waals surface area contributed by atoms with Crippen molar-refractivity contribution < 1.29 is 19.7 Å². The highest BCUT2D eigenvalue weighted by Gasteiger charge is 1.98. The molecule has 0 aliphatic carbocycles. The van der Waals surface area contributed by atoms with E-state index in [4.69, 9.17) is 14.9 Å². The molecule has 0 atom stereocenters. The Bertz CT molecular complexity index is 600. The number of ether oxygens (including phenoxy) is 1. The van der Waals surface area contributed by atoms with Gasteiger partial charge in [-0.05, 0) is 48.0 Å². The molecule has 0 aliphatic heterocycles. The molecule has 0 amide bonds. The number of carboxylic acid groups (broad SMARTS) is 1. The van der Waals surface area contributed by atoms with Gasteiger partial charge in [-0.2, -0.15) is 0 Å². The summed E-state index contributed by atoms with van der Waals surface area (Å²) in [6.07, 6.45) is 2.56. The Balaban J connectivity index is 2.15. The number of hydrogen-bond donors (Lipinski definition) is 2. The van der Waals surface area contributed by atoms with E-state index < -0.39 is 5.97 Å². The molecule has 4 nitrogen and oxygen atoms in total. The number of aliphatic carboxylic acids is 1. The minimum Gasteiger partial charge on any atom is -0.508 e. The van der Waals surface area contributed by atoms with Gasteiger partial charge in [-0.3, -0.25) is 0 Å². The van der Waals surface area contributed by atoms with Crippen molar-refractivity contribution in [1.29, 1.82) is 0 Å². The van der Waals surface area contributed by atoms with Gasteiger partial charge in [0.25, 0.3) is 0 Å². The van der Waals surface area contributed by atoms with E-state index >= 15 is 0 Å². The highest BCUT2D eigenvalue weighted by Crippen LogP contribution is 2.24. The molecule has 2 aromatic rings. The van der Waals surface area contributed by atoms with Crippen LogP contribution in [0.3, 0.4) is 0 Å². The quantitative estimate of drug-likeness (QED) is 0.824. The van der Waals surface area contributed by atoms with Crippen LogP contribution in [0.4, 0.5) is 0 Å². The molecular weight excluding hydrogens is 244 g/mol. The lowest BCUT2D eigenvalue weighted by Crippen LogP contribution is -1.87. The standard InChI is InChI=1S/C15H12O4/c16-12-5-7-13(8-6-12)19-14-3-1-2-11(10-14)4-9-15(17)18/h1-10,16H,(H,17,18). The van der Waals surface area contributed by atoms with E-state index in [-0.39, 0.29) is 5.75 Å². The molecule has 2 aromatic carbocycles. The van der Waals surface area contributed by atoms with Crippen molar-refractivity contribution in [3.63, 3.8) is 0 Å². The lowest BCUT2D eigenvalue weighted by atomic mass is 10.2. The number of aromatic hydroxyl groups is 1. The van der Waals surface area contributed by atoms with E-state index in [0.717, 1.165) is 11.6 Å². The second-order valence-electron chi connectivity index (χ2n) is 3.84. The van der Waals surface area contributed by atoms with Crippen LogP contribution in [0.5, 0.6) is 17.2 Å². The number of phenols is 1. The Hall–Kier alpha value is -2.75. The second kappa shape index (κ2) is 5.73. The van der Waals surface area contributed by atoms with Crippen LogP contribution in [-0.2, 0) is 4.79 Å². The van der Waals surface area contributed by atoms with Crippen molar-refractivity contribution in [2.75, 3.05) is 0 Å². The zero-order chi connectivity index (χ0) is 13.7. The minimum absolute atomic E-state index is 0.172. The van der Waals surface area contributed by atoms with Crippen LogP contribution < -0.4 is 4.74 Å². The lowest BCUT2D eigenvalue weighted by molar-refractivity contribution is -0.131. The first-order valence-electron chi connectivity index (χ1n) is 5.61. The van der Waals surface area contributed by atoms with Crippen LogP contribution in [0.2, 0.25) is 0 Å². The smallest absolute Gasteiger partial charge is 0.328 e. The maximum atomic E-state index is 10.4. The van der Waals surface area contributed by atoms with Crippen molar-refractivity contribution in [1.82, 2.24) is 0 Å². The van der Waals surface area contributed by atoms with E-state index in [1.165, 1.54) is 18.2 Å². The molecule has 2 N–H and O–H groups in total. The fraction of sp³-hybridized carbons (Fsp3) is 0. The van der Waals surface area contributed by atoms with Crippen molar-refractivity contribution >= 4 is 12.0 Å². The highest BCUT2D eigenvalue weighted by atomic mass is 16.5. The average molecular weight is 256 g/mol. The van der Waals surface area contributed by atoms with Crippen LogP contribution >= 0.6 is 0 Å². The van der Waals surface area contributed by atoms with Gasteiger partial charge < -0.3 is 14.9 Å². The van der Waals surface area contributed by atoms with Crippen LogP contribution in [0.15, 0.2) is 54.6 Å². The van der Waals surface area contributed by atoms with Gasteiger partial charge in [-0.15, -0.1) is 0 Å². The van der Waals surface area contributed by atoms with Gasteiger partial charge >= 0.3 is 5.97 Å². The number of rotatable bonds is 4. The minimum atomic E-state index is -0.996. The number of carbonyl (C=O) groups is 1. The predicted octanol–water partition coefficient (Wildman–Crippen LogP) is 3.28. The van der Waals surface area contributed by atoms with Crippen LogP contribution in [0, 0.1) is 0 Å². The first-order chi connectivity index (χ1) is 9.13. The van der Waals surface area contributed by atoms with Gasteiger partial charge in [-0.25, -0.2) is 4.79 Å². The van der Waals surface area contributed by atoms with Gasteiger partial charge in [0.1, 0.15) is 17.2 Å². The lowest BCUT2D eigenvalue weighted by Gasteiger charge is -2.06.